The zero-order valence-corrected chi connectivity index (χ0v) is 17.8. The standard InChI is InChI=1S/C22H21ClN2O4S/c1-2-16-9-12-18(13-21(16)30(24,27)28)25-22(26)19-5-3-4-6-20(19)29-14-15-7-10-17(23)11-8-15/h3-13H,2,14H2,1H3,(H,25,26)(H2,24,27,28). The normalized spacial score (nSPS) is 11.2. The van der Waals surface area contributed by atoms with E-state index >= 15 is 0 Å². The summed E-state index contributed by atoms with van der Waals surface area (Å²) in [5.41, 5.74) is 2.14. The van der Waals surface area contributed by atoms with E-state index < -0.39 is 15.9 Å². The summed E-state index contributed by atoms with van der Waals surface area (Å²) in [6.45, 7) is 2.10. The molecule has 0 aliphatic carbocycles. The highest BCUT2D eigenvalue weighted by molar-refractivity contribution is 7.89. The predicted molar refractivity (Wildman–Crippen MR) is 117 cm³/mol. The first-order chi connectivity index (χ1) is 14.3. The number of carbonyl (C=O) groups is 1. The van der Waals surface area contributed by atoms with Crippen LogP contribution in [0.2, 0.25) is 5.02 Å². The molecule has 1 amide bonds. The van der Waals surface area contributed by atoms with E-state index in [2.05, 4.69) is 5.32 Å². The van der Waals surface area contributed by atoms with Gasteiger partial charge in [-0.3, -0.25) is 4.79 Å². The number of ether oxygens (including phenoxy) is 1. The van der Waals surface area contributed by atoms with E-state index in [-0.39, 0.29) is 11.5 Å². The molecule has 0 aliphatic rings. The molecule has 30 heavy (non-hydrogen) atoms. The molecule has 0 aromatic heterocycles. The highest BCUT2D eigenvalue weighted by Gasteiger charge is 2.17. The van der Waals surface area contributed by atoms with Gasteiger partial charge in [-0.05, 0) is 53.9 Å². The number of primary sulfonamides is 1. The minimum absolute atomic E-state index is 0.00456. The van der Waals surface area contributed by atoms with Crippen molar-refractivity contribution in [1.82, 2.24) is 0 Å². The van der Waals surface area contributed by atoms with Crippen molar-refractivity contribution >= 4 is 33.2 Å². The van der Waals surface area contributed by atoms with E-state index in [1.165, 1.54) is 6.07 Å². The quantitative estimate of drug-likeness (QED) is 0.564. The molecule has 0 bridgehead atoms. The van der Waals surface area contributed by atoms with Crippen molar-refractivity contribution in [3.8, 4) is 5.75 Å². The number of hydrogen-bond donors (Lipinski definition) is 2. The van der Waals surface area contributed by atoms with Gasteiger partial charge in [-0.1, -0.05) is 48.9 Å². The average molecular weight is 445 g/mol. The summed E-state index contributed by atoms with van der Waals surface area (Å²) in [6, 6.07) is 18.7. The van der Waals surface area contributed by atoms with Crippen LogP contribution in [0.4, 0.5) is 5.69 Å². The van der Waals surface area contributed by atoms with E-state index in [9.17, 15) is 13.2 Å². The molecule has 3 aromatic rings. The molecule has 3 rings (SSSR count). The highest BCUT2D eigenvalue weighted by Crippen LogP contribution is 2.24. The van der Waals surface area contributed by atoms with Gasteiger partial charge in [0.2, 0.25) is 10.0 Å². The van der Waals surface area contributed by atoms with Gasteiger partial charge in [-0.2, -0.15) is 0 Å². The summed E-state index contributed by atoms with van der Waals surface area (Å²) in [6.07, 6.45) is 0.501. The van der Waals surface area contributed by atoms with Crippen LogP contribution < -0.4 is 15.2 Å². The van der Waals surface area contributed by atoms with Gasteiger partial charge >= 0.3 is 0 Å². The van der Waals surface area contributed by atoms with Gasteiger partial charge in [0, 0.05) is 10.7 Å². The molecule has 6 nitrogen and oxygen atoms in total. The number of halogens is 1. The van der Waals surface area contributed by atoms with Gasteiger partial charge in [0.25, 0.3) is 5.91 Å². The molecule has 0 unspecified atom stereocenters. The van der Waals surface area contributed by atoms with Crippen molar-refractivity contribution in [2.75, 3.05) is 5.32 Å². The molecule has 0 aliphatic heterocycles. The van der Waals surface area contributed by atoms with Gasteiger partial charge in [-0.25, -0.2) is 13.6 Å². The van der Waals surface area contributed by atoms with Crippen molar-refractivity contribution in [2.45, 2.75) is 24.8 Å². The van der Waals surface area contributed by atoms with Crippen molar-refractivity contribution in [3.05, 3.63) is 88.4 Å². The third kappa shape index (κ3) is 5.38. The number of amides is 1. The first-order valence-corrected chi connectivity index (χ1v) is 11.1. The molecule has 0 saturated heterocycles. The minimum Gasteiger partial charge on any atom is -0.488 e. The Morgan fingerprint density at radius 2 is 1.77 bits per heavy atom. The number of anilines is 1. The molecule has 0 saturated carbocycles. The van der Waals surface area contributed by atoms with Crippen molar-refractivity contribution < 1.29 is 17.9 Å². The van der Waals surface area contributed by atoms with Gasteiger partial charge in [0.15, 0.2) is 0 Å². The van der Waals surface area contributed by atoms with E-state index in [1.54, 1.807) is 48.5 Å². The van der Waals surface area contributed by atoms with E-state index in [0.717, 1.165) is 5.56 Å². The molecule has 156 valence electrons. The summed E-state index contributed by atoms with van der Waals surface area (Å²) in [5.74, 6) is -0.0203. The molecular formula is C22H21ClN2O4S. The largest absolute Gasteiger partial charge is 0.488 e. The fourth-order valence-electron chi connectivity index (χ4n) is 2.91. The third-order valence-electron chi connectivity index (χ3n) is 4.45. The second-order valence-corrected chi connectivity index (χ2v) is 8.55. The smallest absolute Gasteiger partial charge is 0.259 e. The summed E-state index contributed by atoms with van der Waals surface area (Å²) < 4.78 is 29.5. The average Bonchev–Trinajstić information content (AvgIpc) is 2.73. The molecule has 3 N–H and O–H groups in total. The van der Waals surface area contributed by atoms with Gasteiger partial charge in [-0.15, -0.1) is 0 Å². The Bertz CT molecular complexity index is 1160. The summed E-state index contributed by atoms with van der Waals surface area (Å²) in [7, 11) is -3.90. The molecule has 0 fully saturated rings. The Balaban J connectivity index is 1.80. The molecule has 8 heteroatoms. The maximum Gasteiger partial charge on any atom is 0.259 e. The maximum absolute atomic E-state index is 12.8. The van der Waals surface area contributed by atoms with Crippen LogP contribution in [0.1, 0.15) is 28.4 Å². The first-order valence-electron chi connectivity index (χ1n) is 9.21. The molecule has 0 atom stereocenters. The van der Waals surface area contributed by atoms with Gasteiger partial charge < -0.3 is 10.1 Å². The predicted octanol–water partition coefficient (Wildman–Crippen LogP) is 4.38. The van der Waals surface area contributed by atoms with Crippen LogP contribution in [0, 0.1) is 0 Å². The van der Waals surface area contributed by atoms with E-state index in [4.69, 9.17) is 21.5 Å². The van der Waals surface area contributed by atoms with Crippen LogP contribution in [0.25, 0.3) is 0 Å². The van der Waals surface area contributed by atoms with Crippen LogP contribution in [0.15, 0.2) is 71.6 Å². The van der Waals surface area contributed by atoms with E-state index in [1.807, 2.05) is 19.1 Å². The zero-order chi connectivity index (χ0) is 21.7. The first kappa shape index (κ1) is 21.8. The van der Waals surface area contributed by atoms with Crippen LogP contribution in [-0.4, -0.2) is 14.3 Å². The number of para-hydroxylation sites is 1. The summed E-state index contributed by atoms with van der Waals surface area (Å²) in [4.78, 5) is 12.8. The Hall–Kier alpha value is -2.87. The van der Waals surface area contributed by atoms with Gasteiger partial charge in [0.05, 0.1) is 10.5 Å². The number of benzene rings is 3. The van der Waals surface area contributed by atoms with Crippen molar-refractivity contribution in [2.24, 2.45) is 5.14 Å². The second-order valence-electron chi connectivity index (χ2n) is 6.59. The lowest BCUT2D eigenvalue weighted by atomic mass is 10.1. The minimum atomic E-state index is -3.90. The number of sulfonamides is 1. The number of nitrogens with two attached hydrogens (primary N) is 1. The monoisotopic (exact) mass is 444 g/mol. The number of hydrogen-bond acceptors (Lipinski definition) is 4. The Morgan fingerprint density at radius 3 is 2.43 bits per heavy atom. The number of carbonyl (C=O) groups excluding carboxylic acids is 1. The number of aryl methyl sites for hydroxylation is 1. The van der Waals surface area contributed by atoms with Crippen LogP contribution >= 0.6 is 11.6 Å². The highest BCUT2D eigenvalue weighted by atomic mass is 35.5. The Kier molecular flexibility index (Phi) is 6.77. The lowest BCUT2D eigenvalue weighted by Gasteiger charge is -2.13. The lowest BCUT2D eigenvalue weighted by molar-refractivity contribution is 0.102. The number of nitrogens with one attached hydrogen (secondary N) is 1. The fraction of sp³-hybridized carbons (Fsp3) is 0.136. The molecule has 0 radical (unpaired) electrons. The third-order valence-corrected chi connectivity index (χ3v) is 5.70. The lowest BCUT2D eigenvalue weighted by Crippen LogP contribution is -2.17. The SMILES string of the molecule is CCc1ccc(NC(=O)c2ccccc2OCc2ccc(Cl)cc2)cc1S(N)(=O)=O. The molecule has 0 heterocycles. The van der Waals surface area contributed by atoms with Crippen LogP contribution in [0.5, 0.6) is 5.75 Å². The Morgan fingerprint density at radius 1 is 1.07 bits per heavy atom. The summed E-state index contributed by atoms with van der Waals surface area (Å²) in [5, 5.41) is 8.65. The van der Waals surface area contributed by atoms with Gasteiger partial charge in [0.1, 0.15) is 12.4 Å². The van der Waals surface area contributed by atoms with Crippen LogP contribution in [0.3, 0.4) is 0 Å². The van der Waals surface area contributed by atoms with E-state index in [0.29, 0.717) is 34.0 Å². The molecular weight excluding hydrogens is 424 g/mol. The second kappa shape index (κ2) is 9.30. The van der Waals surface area contributed by atoms with Crippen molar-refractivity contribution in [1.29, 1.82) is 0 Å². The molecule has 3 aromatic carbocycles. The molecule has 0 spiro atoms. The summed E-state index contributed by atoms with van der Waals surface area (Å²) >= 11 is 5.89. The Labute approximate surface area is 180 Å². The number of rotatable bonds is 7. The topological polar surface area (TPSA) is 98.5 Å². The van der Waals surface area contributed by atoms with Crippen LogP contribution in [-0.2, 0) is 23.1 Å². The van der Waals surface area contributed by atoms with Crippen molar-refractivity contribution in [3.63, 3.8) is 0 Å². The zero-order valence-electron chi connectivity index (χ0n) is 16.3. The fourth-order valence-corrected chi connectivity index (χ4v) is 3.90. The maximum atomic E-state index is 12.8.